The molecule has 1 heterocycles. The van der Waals surface area contributed by atoms with Crippen LogP contribution >= 0.6 is 0 Å². The predicted octanol–water partition coefficient (Wildman–Crippen LogP) is 0.496. The van der Waals surface area contributed by atoms with Crippen molar-refractivity contribution in [3.8, 4) is 0 Å². The van der Waals surface area contributed by atoms with Gasteiger partial charge in [0.15, 0.2) is 0 Å². The minimum atomic E-state index is -0.866. The molecule has 1 amide bonds. The average Bonchev–Trinajstić information content (AvgIpc) is 2.43. The van der Waals surface area contributed by atoms with Crippen molar-refractivity contribution < 1.29 is 14.7 Å². The summed E-state index contributed by atoms with van der Waals surface area (Å²) in [6.45, 7) is 4.53. The van der Waals surface area contributed by atoms with Crippen LogP contribution in [0.25, 0.3) is 0 Å². The van der Waals surface area contributed by atoms with Crippen molar-refractivity contribution in [3.63, 3.8) is 0 Å². The summed E-state index contributed by atoms with van der Waals surface area (Å²) < 4.78 is 0. The highest BCUT2D eigenvalue weighted by molar-refractivity contribution is 5.82. The molecule has 1 aliphatic heterocycles. The van der Waals surface area contributed by atoms with Gasteiger partial charge in [-0.3, -0.25) is 9.59 Å². The molecule has 0 aromatic rings. The van der Waals surface area contributed by atoms with E-state index in [0.29, 0.717) is 13.1 Å². The lowest BCUT2D eigenvalue weighted by atomic mass is 10.1. The Kier molecular flexibility index (Phi) is 3.06. The number of carbonyl (C=O) groups excluding carboxylic acids is 1. The van der Waals surface area contributed by atoms with E-state index in [1.165, 1.54) is 0 Å². The highest BCUT2D eigenvalue weighted by Gasteiger charge is 2.28. The second kappa shape index (κ2) is 4.07. The second-order valence-electron chi connectivity index (χ2n) is 3.10. The first-order chi connectivity index (χ1) is 6.15. The standard InChI is InChI=1S/C9H13NO3/c1-2-7-3-5-10(9(7)13)6-4-8(11)12/h2,7H,1,3-6H2,(H,11,12). The van der Waals surface area contributed by atoms with Crippen LogP contribution < -0.4 is 0 Å². The molecule has 4 heteroatoms. The number of carboxylic acids is 1. The number of aliphatic carboxylic acids is 1. The van der Waals surface area contributed by atoms with Gasteiger partial charge in [-0.05, 0) is 6.42 Å². The van der Waals surface area contributed by atoms with E-state index in [4.69, 9.17) is 5.11 Å². The summed E-state index contributed by atoms with van der Waals surface area (Å²) in [7, 11) is 0. The van der Waals surface area contributed by atoms with Crippen LogP contribution in [0, 0.1) is 5.92 Å². The zero-order chi connectivity index (χ0) is 9.84. The molecule has 1 fully saturated rings. The first-order valence-corrected chi connectivity index (χ1v) is 4.28. The Balaban J connectivity index is 2.41. The fourth-order valence-electron chi connectivity index (χ4n) is 1.43. The molecule has 13 heavy (non-hydrogen) atoms. The van der Waals surface area contributed by atoms with Gasteiger partial charge in [0.2, 0.25) is 5.91 Å². The SMILES string of the molecule is C=CC1CCN(CCC(=O)O)C1=O. The maximum Gasteiger partial charge on any atom is 0.305 e. The highest BCUT2D eigenvalue weighted by atomic mass is 16.4. The van der Waals surface area contributed by atoms with Crippen molar-refractivity contribution in [2.75, 3.05) is 13.1 Å². The van der Waals surface area contributed by atoms with Crippen molar-refractivity contribution in [2.45, 2.75) is 12.8 Å². The second-order valence-corrected chi connectivity index (χ2v) is 3.10. The molecule has 1 saturated heterocycles. The molecule has 1 N–H and O–H groups in total. The molecule has 0 saturated carbocycles. The van der Waals surface area contributed by atoms with Crippen LogP contribution in [0.1, 0.15) is 12.8 Å². The molecule has 1 aliphatic rings. The Bertz CT molecular complexity index is 237. The maximum absolute atomic E-state index is 11.4. The van der Waals surface area contributed by atoms with E-state index in [9.17, 15) is 9.59 Å². The molecule has 0 aliphatic carbocycles. The van der Waals surface area contributed by atoms with E-state index in [2.05, 4.69) is 6.58 Å². The average molecular weight is 183 g/mol. The van der Waals surface area contributed by atoms with Crippen LogP contribution in [-0.2, 0) is 9.59 Å². The monoisotopic (exact) mass is 183 g/mol. The van der Waals surface area contributed by atoms with Gasteiger partial charge in [0.1, 0.15) is 0 Å². The zero-order valence-electron chi connectivity index (χ0n) is 7.40. The third-order valence-corrected chi connectivity index (χ3v) is 2.22. The molecule has 1 unspecified atom stereocenters. The lowest BCUT2D eigenvalue weighted by Crippen LogP contribution is -2.29. The summed E-state index contributed by atoms with van der Waals surface area (Å²) in [5, 5.41) is 8.43. The van der Waals surface area contributed by atoms with Crippen LogP contribution in [0.15, 0.2) is 12.7 Å². The Hall–Kier alpha value is -1.32. The number of carboxylic acid groups (broad SMARTS) is 1. The van der Waals surface area contributed by atoms with Crippen LogP contribution in [0.5, 0.6) is 0 Å². The van der Waals surface area contributed by atoms with Crippen molar-refractivity contribution in [2.24, 2.45) is 5.92 Å². The van der Waals surface area contributed by atoms with Gasteiger partial charge in [-0.1, -0.05) is 6.08 Å². The third-order valence-electron chi connectivity index (χ3n) is 2.22. The quantitative estimate of drug-likeness (QED) is 0.645. The summed E-state index contributed by atoms with van der Waals surface area (Å²) in [4.78, 5) is 23.3. The highest BCUT2D eigenvalue weighted by Crippen LogP contribution is 2.18. The minimum absolute atomic E-state index is 0.0104. The van der Waals surface area contributed by atoms with E-state index in [0.717, 1.165) is 6.42 Å². The molecule has 4 nitrogen and oxygen atoms in total. The number of hydrogen-bond donors (Lipinski definition) is 1. The van der Waals surface area contributed by atoms with E-state index in [1.54, 1.807) is 11.0 Å². The fourth-order valence-corrected chi connectivity index (χ4v) is 1.43. The van der Waals surface area contributed by atoms with Crippen molar-refractivity contribution in [3.05, 3.63) is 12.7 Å². The van der Waals surface area contributed by atoms with E-state index < -0.39 is 5.97 Å². The molecule has 0 radical (unpaired) electrons. The molecular weight excluding hydrogens is 170 g/mol. The van der Waals surface area contributed by atoms with Crippen LogP contribution in [0.2, 0.25) is 0 Å². The number of likely N-dealkylation sites (tertiary alicyclic amines) is 1. The summed E-state index contributed by atoms with van der Waals surface area (Å²) in [6, 6.07) is 0. The largest absolute Gasteiger partial charge is 0.481 e. The normalized spacial score (nSPS) is 22.0. The molecule has 72 valence electrons. The number of carbonyl (C=O) groups is 2. The van der Waals surface area contributed by atoms with Gasteiger partial charge in [0.25, 0.3) is 0 Å². The summed E-state index contributed by atoms with van der Waals surface area (Å²) >= 11 is 0. The van der Waals surface area contributed by atoms with Crippen LogP contribution in [0.4, 0.5) is 0 Å². The lowest BCUT2D eigenvalue weighted by molar-refractivity contribution is -0.138. The fraction of sp³-hybridized carbons (Fsp3) is 0.556. The van der Waals surface area contributed by atoms with Gasteiger partial charge in [0.05, 0.1) is 12.3 Å². The van der Waals surface area contributed by atoms with E-state index in [1.807, 2.05) is 0 Å². The van der Waals surface area contributed by atoms with Gasteiger partial charge < -0.3 is 10.0 Å². The summed E-state index contributed by atoms with van der Waals surface area (Å²) in [5.41, 5.74) is 0. The van der Waals surface area contributed by atoms with Crippen LogP contribution in [-0.4, -0.2) is 35.0 Å². The smallest absolute Gasteiger partial charge is 0.305 e. The van der Waals surface area contributed by atoms with E-state index in [-0.39, 0.29) is 18.2 Å². The molecule has 0 spiro atoms. The Morgan fingerprint density at radius 3 is 2.92 bits per heavy atom. The van der Waals surface area contributed by atoms with Gasteiger partial charge in [-0.25, -0.2) is 0 Å². The third kappa shape index (κ3) is 2.31. The summed E-state index contributed by atoms with van der Waals surface area (Å²) in [5.74, 6) is -0.958. The van der Waals surface area contributed by atoms with Crippen molar-refractivity contribution in [1.29, 1.82) is 0 Å². The zero-order valence-corrected chi connectivity index (χ0v) is 7.40. The molecule has 1 atom stereocenters. The van der Waals surface area contributed by atoms with Gasteiger partial charge >= 0.3 is 5.97 Å². The molecule has 0 bridgehead atoms. The molecular formula is C9H13NO3. The topological polar surface area (TPSA) is 57.6 Å². The Labute approximate surface area is 76.8 Å². The lowest BCUT2D eigenvalue weighted by Gasteiger charge is -2.13. The summed E-state index contributed by atoms with van der Waals surface area (Å²) in [6.07, 6.45) is 2.42. The van der Waals surface area contributed by atoms with Gasteiger partial charge in [-0.15, -0.1) is 6.58 Å². The van der Waals surface area contributed by atoms with Crippen molar-refractivity contribution >= 4 is 11.9 Å². The number of nitrogens with zero attached hydrogens (tertiary/aromatic N) is 1. The molecule has 0 aromatic heterocycles. The maximum atomic E-state index is 11.4. The predicted molar refractivity (Wildman–Crippen MR) is 47.1 cm³/mol. The van der Waals surface area contributed by atoms with Gasteiger partial charge in [0, 0.05) is 13.1 Å². The van der Waals surface area contributed by atoms with Gasteiger partial charge in [-0.2, -0.15) is 0 Å². The first-order valence-electron chi connectivity index (χ1n) is 4.28. The van der Waals surface area contributed by atoms with Crippen LogP contribution in [0.3, 0.4) is 0 Å². The first kappa shape index (κ1) is 9.77. The molecule has 1 rings (SSSR count). The number of amides is 1. The Morgan fingerprint density at radius 1 is 1.77 bits per heavy atom. The molecule has 0 aromatic carbocycles. The number of hydrogen-bond acceptors (Lipinski definition) is 2. The van der Waals surface area contributed by atoms with E-state index >= 15 is 0 Å². The Morgan fingerprint density at radius 2 is 2.46 bits per heavy atom. The van der Waals surface area contributed by atoms with Crippen molar-refractivity contribution in [1.82, 2.24) is 4.90 Å². The number of rotatable bonds is 4. The minimum Gasteiger partial charge on any atom is -0.481 e.